The van der Waals surface area contributed by atoms with Crippen LogP contribution < -0.4 is 5.73 Å². The Morgan fingerprint density at radius 1 is 1.13 bits per heavy atom. The normalized spacial score (nSPS) is 12.0. The van der Waals surface area contributed by atoms with Crippen molar-refractivity contribution in [2.75, 3.05) is 0 Å². The number of H-pyrrole nitrogens is 1. The lowest BCUT2D eigenvalue weighted by Gasteiger charge is -2.09. The molecule has 1 aromatic heterocycles. The number of nitrogens with zero attached hydrogens (tertiary/aromatic N) is 2. The van der Waals surface area contributed by atoms with Crippen LogP contribution in [0.3, 0.4) is 0 Å². The number of carboxylic acids is 1. The lowest BCUT2D eigenvalue weighted by Crippen LogP contribution is -2.32. The number of benzene rings is 3. The van der Waals surface area contributed by atoms with Crippen LogP contribution in [0.15, 0.2) is 76.8 Å². The second-order valence-corrected chi connectivity index (χ2v) is 8.04. The molecule has 1 atom stereocenters. The summed E-state index contributed by atoms with van der Waals surface area (Å²) in [5, 5.41) is 20.6. The SMILES string of the molecule is NC(Cc1cccc(-c2cccc(Sc3nc4ccc([N+](=O)[O-])cc4[nH]3)c2)c1)C(=O)O. The Morgan fingerprint density at radius 2 is 1.87 bits per heavy atom. The van der Waals surface area contributed by atoms with E-state index in [0.29, 0.717) is 16.2 Å². The minimum absolute atomic E-state index is 0.0113. The number of hydrogen-bond acceptors (Lipinski definition) is 6. The van der Waals surface area contributed by atoms with E-state index in [9.17, 15) is 14.9 Å². The van der Waals surface area contributed by atoms with Crippen molar-refractivity contribution in [2.24, 2.45) is 5.73 Å². The van der Waals surface area contributed by atoms with Crippen LogP contribution in [0.2, 0.25) is 0 Å². The van der Waals surface area contributed by atoms with E-state index in [2.05, 4.69) is 9.97 Å². The summed E-state index contributed by atoms with van der Waals surface area (Å²) >= 11 is 1.42. The van der Waals surface area contributed by atoms with Crippen molar-refractivity contribution in [1.82, 2.24) is 9.97 Å². The topological polar surface area (TPSA) is 135 Å². The van der Waals surface area contributed by atoms with Gasteiger partial charge >= 0.3 is 5.97 Å². The average molecular weight is 434 g/mol. The van der Waals surface area contributed by atoms with Crippen LogP contribution >= 0.6 is 11.8 Å². The average Bonchev–Trinajstić information content (AvgIpc) is 3.15. The van der Waals surface area contributed by atoms with Crippen LogP contribution in [0, 0.1) is 10.1 Å². The summed E-state index contributed by atoms with van der Waals surface area (Å²) < 4.78 is 0. The number of carboxylic acid groups (broad SMARTS) is 1. The molecule has 9 heteroatoms. The molecule has 0 bridgehead atoms. The largest absolute Gasteiger partial charge is 0.480 e. The summed E-state index contributed by atoms with van der Waals surface area (Å²) in [6.07, 6.45) is 0.253. The van der Waals surface area contributed by atoms with Crippen molar-refractivity contribution < 1.29 is 14.8 Å². The fraction of sp³-hybridized carbons (Fsp3) is 0.0909. The summed E-state index contributed by atoms with van der Waals surface area (Å²) in [6, 6.07) is 19.1. The molecule has 0 fully saturated rings. The van der Waals surface area contributed by atoms with E-state index in [1.54, 1.807) is 6.07 Å². The fourth-order valence-electron chi connectivity index (χ4n) is 3.21. The van der Waals surface area contributed by atoms with E-state index in [4.69, 9.17) is 10.8 Å². The highest BCUT2D eigenvalue weighted by atomic mass is 32.2. The van der Waals surface area contributed by atoms with Gasteiger partial charge in [0.25, 0.3) is 5.69 Å². The molecule has 4 N–H and O–H groups in total. The molecule has 8 nitrogen and oxygen atoms in total. The third-order valence-corrected chi connectivity index (χ3v) is 5.61. The quantitative estimate of drug-likeness (QED) is 0.292. The lowest BCUT2D eigenvalue weighted by atomic mass is 10.00. The number of rotatable bonds is 7. The number of aromatic amines is 1. The molecule has 0 aliphatic rings. The summed E-state index contributed by atoms with van der Waals surface area (Å²) in [7, 11) is 0. The van der Waals surface area contributed by atoms with Crippen molar-refractivity contribution in [3.05, 3.63) is 82.4 Å². The minimum Gasteiger partial charge on any atom is -0.480 e. The lowest BCUT2D eigenvalue weighted by molar-refractivity contribution is -0.384. The Bertz CT molecular complexity index is 1290. The molecule has 0 amide bonds. The van der Waals surface area contributed by atoms with Gasteiger partial charge in [-0.1, -0.05) is 48.2 Å². The molecule has 0 saturated heterocycles. The predicted octanol–water partition coefficient (Wildman–Crippen LogP) is 4.24. The van der Waals surface area contributed by atoms with Crippen LogP contribution in [0.25, 0.3) is 22.2 Å². The molecule has 0 aliphatic heterocycles. The maximum Gasteiger partial charge on any atom is 0.320 e. The molecule has 1 heterocycles. The van der Waals surface area contributed by atoms with Gasteiger partial charge in [0.2, 0.25) is 0 Å². The molecule has 0 aliphatic carbocycles. The van der Waals surface area contributed by atoms with Crippen LogP contribution in [0.5, 0.6) is 0 Å². The third kappa shape index (κ3) is 4.73. The van der Waals surface area contributed by atoms with Gasteiger partial charge < -0.3 is 15.8 Å². The number of aliphatic carboxylic acids is 1. The van der Waals surface area contributed by atoms with E-state index in [-0.39, 0.29) is 12.1 Å². The number of nitro groups is 1. The first-order chi connectivity index (χ1) is 14.9. The molecule has 156 valence electrons. The van der Waals surface area contributed by atoms with Crippen LogP contribution in [-0.2, 0) is 11.2 Å². The molecule has 0 spiro atoms. The van der Waals surface area contributed by atoms with E-state index < -0.39 is 16.9 Å². The summed E-state index contributed by atoms with van der Waals surface area (Å²) in [5.74, 6) is -1.03. The number of nitro benzene ring substituents is 1. The molecular weight excluding hydrogens is 416 g/mol. The number of aromatic nitrogens is 2. The summed E-state index contributed by atoms with van der Waals surface area (Å²) in [4.78, 5) is 30.1. The van der Waals surface area contributed by atoms with E-state index in [1.807, 2.05) is 48.5 Å². The van der Waals surface area contributed by atoms with Crippen LogP contribution in [-0.4, -0.2) is 32.0 Å². The van der Waals surface area contributed by atoms with Gasteiger partial charge in [0.15, 0.2) is 5.16 Å². The van der Waals surface area contributed by atoms with Crippen LogP contribution in [0.4, 0.5) is 5.69 Å². The van der Waals surface area contributed by atoms with E-state index in [1.165, 1.54) is 23.9 Å². The molecule has 0 saturated carbocycles. The first kappa shape index (κ1) is 20.6. The van der Waals surface area contributed by atoms with Gasteiger partial charge in [0.1, 0.15) is 6.04 Å². The predicted molar refractivity (Wildman–Crippen MR) is 118 cm³/mol. The number of nitrogens with two attached hydrogens (primary N) is 1. The molecule has 3 aromatic carbocycles. The molecule has 4 rings (SSSR count). The molecular formula is C22H18N4O4S. The smallest absolute Gasteiger partial charge is 0.320 e. The number of nitrogens with one attached hydrogen (secondary N) is 1. The number of non-ortho nitro benzene ring substituents is 1. The fourth-order valence-corrected chi connectivity index (χ4v) is 4.07. The first-order valence-corrected chi connectivity index (χ1v) is 10.2. The second-order valence-electron chi connectivity index (χ2n) is 6.98. The highest BCUT2D eigenvalue weighted by Crippen LogP contribution is 2.31. The number of hydrogen-bond donors (Lipinski definition) is 3. The second kappa shape index (κ2) is 8.58. The standard InChI is InChI=1S/C22H18N4O4S/c23-18(21(27)28)10-13-3-1-4-14(9-13)15-5-2-6-17(11-15)31-22-24-19-8-7-16(26(29)30)12-20(19)25-22/h1-9,11-12,18H,10,23H2,(H,24,25)(H,27,28). The maximum absolute atomic E-state index is 11.0. The van der Waals surface area contributed by atoms with E-state index in [0.717, 1.165) is 21.6 Å². The third-order valence-electron chi connectivity index (χ3n) is 4.74. The summed E-state index contributed by atoms with van der Waals surface area (Å²) in [6.45, 7) is 0. The van der Waals surface area contributed by atoms with Gasteiger partial charge in [0.05, 0.1) is 16.0 Å². The highest BCUT2D eigenvalue weighted by Gasteiger charge is 2.13. The maximum atomic E-state index is 11.0. The molecule has 31 heavy (non-hydrogen) atoms. The summed E-state index contributed by atoms with van der Waals surface area (Å²) in [5.41, 5.74) is 9.71. The zero-order valence-corrected chi connectivity index (χ0v) is 17.0. The molecule has 4 aromatic rings. The van der Waals surface area contributed by atoms with Gasteiger partial charge in [-0.3, -0.25) is 14.9 Å². The Balaban J connectivity index is 1.57. The van der Waals surface area contributed by atoms with Gasteiger partial charge in [-0.25, -0.2) is 4.98 Å². The van der Waals surface area contributed by atoms with Gasteiger partial charge in [0, 0.05) is 17.0 Å². The monoisotopic (exact) mass is 434 g/mol. The zero-order valence-electron chi connectivity index (χ0n) is 16.2. The zero-order chi connectivity index (χ0) is 22.0. The Hall–Kier alpha value is -3.69. The Labute approximate surface area is 181 Å². The molecule has 0 radical (unpaired) electrons. The van der Waals surface area contributed by atoms with Gasteiger partial charge in [-0.05, 0) is 41.3 Å². The number of imidazole rings is 1. The first-order valence-electron chi connectivity index (χ1n) is 9.39. The minimum atomic E-state index is -1.03. The van der Waals surface area contributed by atoms with Gasteiger partial charge in [-0.2, -0.15) is 0 Å². The Morgan fingerprint density at radius 3 is 2.61 bits per heavy atom. The van der Waals surface area contributed by atoms with E-state index >= 15 is 0 Å². The van der Waals surface area contributed by atoms with Crippen molar-refractivity contribution >= 4 is 34.5 Å². The van der Waals surface area contributed by atoms with Crippen molar-refractivity contribution in [2.45, 2.75) is 22.5 Å². The number of fused-ring (bicyclic) bond motifs is 1. The van der Waals surface area contributed by atoms with Crippen molar-refractivity contribution in [3.63, 3.8) is 0 Å². The number of carbonyl (C=O) groups is 1. The molecule has 1 unspecified atom stereocenters. The highest BCUT2D eigenvalue weighted by molar-refractivity contribution is 7.99. The van der Waals surface area contributed by atoms with Crippen molar-refractivity contribution in [1.29, 1.82) is 0 Å². The Kier molecular flexibility index (Phi) is 5.70. The van der Waals surface area contributed by atoms with Crippen molar-refractivity contribution in [3.8, 4) is 11.1 Å². The van der Waals surface area contributed by atoms with Crippen LogP contribution in [0.1, 0.15) is 5.56 Å². The van der Waals surface area contributed by atoms with Gasteiger partial charge in [-0.15, -0.1) is 0 Å².